The van der Waals surface area contributed by atoms with Crippen molar-refractivity contribution in [1.82, 2.24) is 10.2 Å². The van der Waals surface area contributed by atoms with Gasteiger partial charge in [-0.2, -0.15) is 0 Å². The molecule has 0 aromatic rings. The van der Waals surface area contributed by atoms with E-state index in [4.69, 9.17) is 9.84 Å². The van der Waals surface area contributed by atoms with E-state index in [9.17, 15) is 9.59 Å². The van der Waals surface area contributed by atoms with Crippen LogP contribution in [0.5, 0.6) is 0 Å². The lowest BCUT2D eigenvalue weighted by Crippen LogP contribution is -2.46. The number of nitrogens with one attached hydrogen (secondary N) is 1. The largest absolute Gasteiger partial charge is 0.480 e. The molecule has 0 heterocycles. The third-order valence-corrected chi connectivity index (χ3v) is 2.50. The average molecular weight is 230 g/mol. The second-order valence-electron chi connectivity index (χ2n) is 3.99. The Bertz CT molecular complexity index is 266. The number of carboxylic acids is 1. The highest BCUT2D eigenvalue weighted by atomic mass is 16.5. The highest BCUT2D eigenvalue weighted by Crippen LogP contribution is 2.26. The number of carbonyl (C=O) groups is 2. The average Bonchev–Trinajstić information content (AvgIpc) is 3.05. The summed E-state index contributed by atoms with van der Waals surface area (Å²) in [6, 6.07) is -0.234. The minimum atomic E-state index is -0.984. The van der Waals surface area contributed by atoms with Crippen LogP contribution in [-0.2, 0) is 9.53 Å². The summed E-state index contributed by atoms with van der Waals surface area (Å²) in [5.74, 6) is -0.984. The number of amides is 2. The molecule has 2 amide bonds. The predicted molar refractivity (Wildman–Crippen MR) is 57.2 cm³/mol. The van der Waals surface area contributed by atoms with E-state index in [2.05, 4.69) is 5.32 Å². The summed E-state index contributed by atoms with van der Waals surface area (Å²) in [5.41, 5.74) is 0. The van der Waals surface area contributed by atoms with Gasteiger partial charge in [-0.1, -0.05) is 0 Å². The summed E-state index contributed by atoms with van der Waals surface area (Å²) >= 11 is 0. The number of aliphatic carboxylic acids is 1. The van der Waals surface area contributed by atoms with Gasteiger partial charge in [0.05, 0.1) is 6.10 Å². The number of nitrogens with zero attached hydrogens (tertiary/aromatic N) is 1. The topological polar surface area (TPSA) is 78.9 Å². The molecule has 0 aromatic carbocycles. The van der Waals surface area contributed by atoms with Crippen molar-refractivity contribution in [2.45, 2.75) is 31.9 Å². The maximum atomic E-state index is 11.7. The van der Waals surface area contributed by atoms with E-state index in [1.165, 1.54) is 4.90 Å². The Morgan fingerprint density at radius 2 is 2.19 bits per heavy atom. The fraction of sp³-hybridized carbons (Fsp3) is 0.800. The minimum absolute atomic E-state index is 0.0742. The van der Waals surface area contributed by atoms with Crippen molar-refractivity contribution in [2.24, 2.45) is 0 Å². The number of urea groups is 1. The van der Waals surface area contributed by atoms with Gasteiger partial charge in [0.1, 0.15) is 6.54 Å². The fourth-order valence-electron chi connectivity index (χ4n) is 1.31. The van der Waals surface area contributed by atoms with Crippen molar-refractivity contribution >= 4 is 12.0 Å². The van der Waals surface area contributed by atoms with Crippen molar-refractivity contribution < 1.29 is 19.4 Å². The standard InChI is InChI=1S/C10H18N2O4/c1-7(16-2)5-11-10(15)12(6-9(13)14)8-3-4-8/h7-8H,3-6H2,1-2H3,(H,11,15)(H,13,14). The molecule has 1 aliphatic carbocycles. The molecule has 6 nitrogen and oxygen atoms in total. The van der Waals surface area contributed by atoms with Crippen LogP contribution in [0.2, 0.25) is 0 Å². The normalized spacial score (nSPS) is 16.6. The van der Waals surface area contributed by atoms with Gasteiger partial charge in [-0.25, -0.2) is 4.79 Å². The molecule has 0 radical (unpaired) electrons. The summed E-state index contributed by atoms with van der Waals surface area (Å²) in [5, 5.41) is 11.3. The maximum Gasteiger partial charge on any atom is 0.323 e. The van der Waals surface area contributed by atoms with E-state index >= 15 is 0 Å². The van der Waals surface area contributed by atoms with Gasteiger partial charge in [0.2, 0.25) is 0 Å². The van der Waals surface area contributed by atoms with Gasteiger partial charge in [0.15, 0.2) is 0 Å². The molecule has 1 saturated carbocycles. The summed E-state index contributed by atoms with van der Waals surface area (Å²) < 4.78 is 4.99. The van der Waals surface area contributed by atoms with Crippen molar-refractivity contribution in [2.75, 3.05) is 20.2 Å². The lowest BCUT2D eigenvalue weighted by atomic mass is 10.4. The number of methoxy groups -OCH3 is 1. The maximum absolute atomic E-state index is 11.7. The Balaban J connectivity index is 2.38. The van der Waals surface area contributed by atoms with E-state index in [0.29, 0.717) is 6.54 Å². The van der Waals surface area contributed by atoms with Gasteiger partial charge < -0.3 is 20.1 Å². The van der Waals surface area contributed by atoms with Crippen LogP contribution in [0.1, 0.15) is 19.8 Å². The van der Waals surface area contributed by atoms with Crippen LogP contribution >= 0.6 is 0 Å². The highest BCUT2D eigenvalue weighted by Gasteiger charge is 2.33. The van der Waals surface area contributed by atoms with Crippen LogP contribution in [-0.4, -0.2) is 54.4 Å². The highest BCUT2D eigenvalue weighted by molar-refractivity contribution is 5.80. The summed E-state index contributed by atoms with van der Waals surface area (Å²) in [7, 11) is 1.56. The Morgan fingerprint density at radius 1 is 1.56 bits per heavy atom. The summed E-state index contributed by atoms with van der Waals surface area (Å²) in [6.07, 6.45) is 1.70. The van der Waals surface area contributed by atoms with Crippen molar-refractivity contribution in [1.29, 1.82) is 0 Å². The molecule has 0 aromatic heterocycles. The molecule has 1 unspecified atom stereocenters. The second-order valence-corrected chi connectivity index (χ2v) is 3.99. The lowest BCUT2D eigenvalue weighted by Gasteiger charge is -2.21. The third-order valence-electron chi connectivity index (χ3n) is 2.50. The van der Waals surface area contributed by atoms with E-state index < -0.39 is 5.97 Å². The van der Waals surface area contributed by atoms with Gasteiger partial charge in [0.25, 0.3) is 0 Å². The molecule has 16 heavy (non-hydrogen) atoms. The Morgan fingerprint density at radius 3 is 2.62 bits per heavy atom. The van der Waals surface area contributed by atoms with E-state index in [1.807, 2.05) is 6.92 Å². The van der Waals surface area contributed by atoms with Crippen LogP contribution in [0.15, 0.2) is 0 Å². The molecule has 6 heteroatoms. The molecule has 92 valence electrons. The molecule has 1 rings (SSSR count). The first-order valence-corrected chi connectivity index (χ1v) is 5.33. The number of hydrogen-bond acceptors (Lipinski definition) is 3. The van der Waals surface area contributed by atoms with Crippen LogP contribution < -0.4 is 5.32 Å². The SMILES string of the molecule is COC(C)CNC(=O)N(CC(=O)O)C1CC1. The van der Waals surface area contributed by atoms with Gasteiger partial charge in [-0.05, 0) is 19.8 Å². The van der Waals surface area contributed by atoms with E-state index in [-0.39, 0.29) is 24.7 Å². The van der Waals surface area contributed by atoms with Gasteiger partial charge in [-0.15, -0.1) is 0 Å². The zero-order chi connectivity index (χ0) is 12.1. The van der Waals surface area contributed by atoms with Gasteiger partial charge in [0, 0.05) is 19.7 Å². The number of rotatable bonds is 6. The van der Waals surface area contributed by atoms with Crippen molar-refractivity contribution in [3.63, 3.8) is 0 Å². The molecular formula is C10H18N2O4. The molecule has 2 N–H and O–H groups in total. The Labute approximate surface area is 94.6 Å². The molecule has 0 bridgehead atoms. The fourth-order valence-corrected chi connectivity index (χ4v) is 1.31. The zero-order valence-electron chi connectivity index (χ0n) is 9.60. The predicted octanol–water partition coefficient (Wildman–Crippen LogP) is 0.280. The molecule has 0 aliphatic heterocycles. The first-order chi connectivity index (χ1) is 7.54. The number of carboxylic acid groups (broad SMARTS) is 1. The Hall–Kier alpha value is -1.30. The van der Waals surface area contributed by atoms with Gasteiger partial charge >= 0.3 is 12.0 Å². The van der Waals surface area contributed by atoms with Crippen molar-refractivity contribution in [3.05, 3.63) is 0 Å². The number of carbonyl (C=O) groups excluding carboxylic acids is 1. The minimum Gasteiger partial charge on any atom is -0.480 e. The van der Waals surface area contributed by atoms with Gasteiger partial charge in [-0.3, -0.25) is 4.79 Å². The number of hydrogen-bond donors (Lipinski definition) is 2. The monoisotopic (exact) mass is 230 g/mol. The molecule has 0 spiro atoms. The summed E-state index contributed by atoms with van der Waals surface area (Å²) in [6.45, 7) is 1.98. The van der Waals surface area contributed by atoms with Crippen LogP contribution in [0.25, 0.3) is 0 Å². The molecular weight excluding hydrogens is 212 g/mol. The summed E-state index contributed by atoms with van der Waals surface area (Å²) in [4.78, 5) is 23.6. The smallest absolute Gasteiger partial charge is 0.323 e. The van der Waals surface area contributed by atoms with Crippen LogP contribution in [0.3, 0.4) is 0 Å². The Kier molecular flexibility index (Phi) is 4.54. The molecule has 1 fully saturated rings. The third kappa shape index (κ3) is 4.06. The molecule has 1 aliphatic rings. The van der Waals surface area contributed by atoms with E-state index in [0.717, 1.165) is 12.8 Å². The van der Waals surface area contributed by atoms with Crippen molar-refractivity contribution in [3.8, 4) is 0 Å². The first-order valence-electron chi connectivity index (χ1n) is 5.33. The molecule has 0 saturated heterocycles. The first kappa shape index (κ1) is 12.8. The quantitative estimate of drug-likeness (QED) is 0.687. The second kappa shape index (κ2) is 5.69. The lowest BCUT2D eigenvalue weighted by molar-refractivity contribution is -0.137. The number of ether oxygens (including phenoxy) is 1. The van der Waals surface area contributed by atoms with Crippen LogP contribution in [0, 0.1) is 0 Å². The van der Waals surface area contributed by atoms with E-state index in [1.54, 1.807) is 7.11 Å². The zero-order valence-corrected chi connectivity index (χ0v) is 9.60. The molecule has 1 atom stereocenters. The van der Waals surface area contributed by atoms with Crippen LogP contribution in [0.4, 0.5) is 4.79 Å².